The molecule has 4 atom stereocenters. The summed E-state index contributed by atoms with van der Waals surface area (Å²) in [5, 5.41) is 3.08. The first-order valence-electron chi connectivity index (χ1n) is 13.0. The van der Waals surface area contributed by atoms with Crippen molar-refractivity contribution in [2.75, 3.05) is 26.2 Å². The van der Waals surface area contributed by atoms with Gasteiger partial charge in [0, 0.05) is 26.5 Å². The third-order valence-electron chi connectivity index (χ3n) is 7.19. The van der Waals surface area contributed by atoms with Crippen molar-refractivity contribution < 1.29 is 23.5 Å². The van der Waals surface area contributed by atoms with Gasteiger partial charge in [-0.25, -0.2) is 4.39 Å². The second kappa shape index (κ2) is 11.9. The first kappa shape index (κ1) is 26.8. The summed E-state index contributed by atoms with van der Waals surface area (Å²) < 4.78 is 20.4. The number of halogens is 1. The molecule has 0 bridgehead atoms. The van der Waals surface area contributed by atoms with E-state index in [1.165, 1.54) is 17.4 Å². The molecule has 4 rings (SSSR count). The highest BCUT2D eigenvalue weighted by molar-refractivity contribution is 5.91. The first-order chi connectivity index (χ1) is 17.7. The Morgan fingerprint density at radius 1 is 0.973 bits per heavy atom. The third-order valence-corrected chi connectivity index (χ3v) is 7.19. The zero-order chi connectivity index (χ0) is 26.5. The van der Waals surface area contributed by atoms with E-state index in [9.17, 15) is 18.8 Å². The van der Waals surface area contributed by atoms with Crippen LogP contribution in [0.25, 0.3) is 0 Å². The largest absolute Gasteiger partial charge is 0.366 e. The van der Waals surface area contributed by atoms with E-state index in [0.717, 1.165) is 11.1 Å². The Morgan fingerprint density at radius 3 is 2.27 bits per heavy atom. The SMILES string of the molecule is CC(=O)N1CCCO[C@@H](C(=O)N2C[C@H](F)C[C@H]2C(=O)N[C@@H](c2ccccc2)c2ccc(C(C)C)cc2)C1. The Kier molecular flexibility index (Phi) is 8.59. The molecule has 0 aromatic heterocycles. The van der Waals surface area contributed by atoms with Crippen molar-refractivity contribution in [3.63, 3.8) is 0 Å². The van der Waals surface area contributed by atoms with Gasteiger partial charge in [-0.1, -0.05) is 68.4 Å². The third kappa shape index (κ3) is 6.36. The van der Waals surface area contributed by atoms with Gasteiger partial charge in [-0.3, -0.25) is 14.4 Å². The van der Waals surface area contributed by atoms with Crippen LogP contribution in [0.3, 0.4) is 0 Å². The van der Waals surface area contributed by atoms with Crippen molar-refractivity contribution in [2.24, 2.45) is 0 Å². The Morgan fingerprint density at radius 2 is 1.62 bits per heavy atom. The van der Waals surface area contributed by atoms with Gasteiger partial charge in [-0.05, 0) is 29.0 Å². The van der Waals surface area contributed by atoms with Crippen LogP contribution in [-0.4, -0.2) is 72.1 Å². The molecule has 2 aromatic carbocycles. The molecule has 37 heavy (non-hydrogen) atoms. The maximum atomic E-state index is 14.6. The van der Waals surface area contributed by atoms with Crippen LogP contribution in [0.2, 0.25) is 0 Å². The average Bonchev–Trinajstić information content (AvgIpc) is 3.12. The highest BCUT2D eigenvalue weighted by Crippen LogP contribution is 2.27. The molecule has 8 heteroatoms. The molecule has 0 aliphatic carbocycles. The van der Waals surface area contributed by atoms with Gasteiger partial charge in [0.25, 0.3) is 5.91 Å². The maximum absolute atomic E-state index is 14.6. The fourth-order valence-electron chi connectivity index (χ4n) is 5.04. The molecule has 3 amide bonds. The zero-order valence-electron chi connectivity index (χ0n) is 21.7. The van der Waals surface area contributed by atoms with Crippen LogP contribution in [0.5, 0.6) is 0 Å². The van der Waals surface area contributed by atoms with E-state index in [-0.39, 0.29) is 25.4 Å². The fraction of sp³-hybridized carbons (Fsp3) is 0.483. The number of carbonyl (C=O) groups excluding carboxylic acids is 3. The lowest BCUT2D eigenvalue weighted by molar-refractivity contribution is -0.149. The molecule has 0 radical (unpaired) electrons. The lowest BCUT2D eigenvalue weighted by Gasteiger charge is -2.30. The van der Waals surface area contributed by atoms with E-state index in [4.69, 9.17) is 4.74 Å². The summed E-state index contributed by atoms with van der Waals surface area (Å²) >= 11 is 0. The van der Waals surface area contributed by atoms with Crippen LogP contribution in [-0.2, 0) is 19.1 Å². The molecule has 2 heterocycles. The summed E-state index contributed by atoms with van der Waals surface area (Å²) in [5.41, 5.74) is 2.99. The Labute approximate surface area is 218 Å². The number of benzene rings is 2. The molecule has 0 saturated carbocycles. The fourth-order valence-corrected chi connectivity index (χ4v) is 5.04. The van der Waals surface area contributed by atoms with Crippen molar-refractivity contribution in [3.05, 3.63) is 71.3 Å². The van der Waals surface area contributed by atoms with Crippen LogP contribution >= 0.6 is 0 Å². The van der Waals surface area contributed by atoms with E-state index < -0.39 is 36.2 Å². The van der Waals surface area contributed by atoms with Crippen LogP contribution < -0.4 is 5.32 Å². The van der Waals surface area contributed by atoms with Gasteiger partial charge in [0.05, 0.1) is 19.1 Å². The molecule has 2 aromatic rings. The first-order valence-corrected chi connectivity index (χ1v) is 13.0. The van der Waals surface area contributed by atoms with Crippen LogP contribution in [0.15, 0.2) is 54.6 Å². The molecule has 2 aliphatic heterocycles. The zero-order valence-corrected chi connectivity index (χ0v) is 21.7. The summed E-state index contributed by atoms with van der Waals surface area (Å²) in [7, 11) is 0. The Balaban J connectivity index is 1.55. The number of hydrogen-bond acceptors (Lipinski definition) is 4. The molecular formula is C29H36FN3O4. The minimum atomic E-state index is -1.31. The molecule has 1 N–H and O–H groups in total. The quantitative estimate of drug-likeness (QED) is 0.646. The highest BCUT2D eigenvalue weighted by Gasteiger charge is 2.43. The second-order valence-electron chi connectivity index (χ2n) is 10.2. The Hall–Kier alpha value is -3.26. The van der Waals surface area contributed by atoms with Gasteiger partial charge in [0.2, 0.25) is 11.8 Å². The van der Waals surface area contributed by atoms with Crippen LogP contribution in [0.1, 0.15) is 62.3 Å². The lowest BCUT2D eigenvalue weighted by Crippen LogP contribution is -2.52. The molecule has 0 unspecified atom stereocenters. The minimum Gasteiger partial charge on any atom is -0.366 e. The summed E-state index contributed by atoms with van der Waals surface area (Å²) in [4.78, 5) is 41.8. The molecule has 7 nitrogen and oxygen atoms in total. The van der Waals surface area contributed by atoms with E-state index in [1.54, 1.807) is 4.90 Å². The molecule has 2 saturated heterocycles. The number of amides is 3. The van der Waals surface area contributed by atoms with Crippen molar-refractivity contribution in [3.8, 4) is 0 Å². The van der Waals surface area contributed by atoms with Crippen LogP contribution in [0.4, 0.5) is 4.39 Å². The predicted octanol–water partition coefficient (Wildman–Crippen LogP) is 3.59. The second-order valence-corrected chi connectivity index (χ2v) is 10.2. The van der Waals surface area contributed by atoms with Crippen LogP contribution in [0, 0.1) is 0 Å². The number of likely N-dealkylation sites (tertiary alicyclic amines) is 1. The van der Waals surface area contributed by atoms with Crippen molar-refractivity contribution in [2.45, 2.75) is 63.9 Å². The van der Waals surface area contributed by atoms with Gasteiger partial charge in [-0.2, -0.15) is 0 Å². The van der Waals surface area contributed by atoms with Gasteiger partial charge < -0.3 is 19.9 Å². The maximum Gasteiger partial charge on any atom is 0.254 e. The average molecular weight is 510 g/mol. The number of ether oxygens (including phenoxy) is 1. The summed E-state index contributed by atoms with van der Waals surface area (Å²) in [6, 6.07) is 16.3. The predicted molar refractivity (Wildman–Crippen MR) is 139 cm³/mol. The number of carbonyl (C=O) groups is 3. The van der Waals surface area contributed by atoms with E-state index >= 15 is 0 Å². The number of nitrogens with zero attached hydrogens (tertiary/aromatic N) is 2. The molecular weight excluding hydrogens is 473 g/mol. The normalized spacial score (nSPS) is 23.0. The van der Waals surface area contributed by atoms with Crippen molar-refractivity contribution >= 4 is 17.7 Å². The van der Waals surface area contributed by atoms with Gasteiger partial charge >= 0.3 is 0 Å². The van der Waals surface area contributed by atoms with Gasteiger partial charge in [0.15, 0.2) is 6.10 Å². The standard InChI is InChI=1S/C29H36FN3O4/c1-19(2)21-10-12-23(13-11-21)27(22-8-5-4-6-9-22)31-28(35)25-16-24(30)17-33(25)29(36)26-18-32(20(3)34)14-7-15-37-26/h4-6,8-13,19,24-27H,7,14-18H2,1-3H3,(H,31,35)/t24-,25+,26-,27+/m1/s1. The van der Waals surface area contributed by atoms with E-state index in [1.807, 2.05) is 42.5 Å². The number of alkyl halides is 1. The monoisotopic (exact) mass is 509 g/mol. The summed E-state index contributed by atoms with van der Waals surface area (Å²) in [6.07, 6.45) is -1.68. The molecule has 198 valence electrons. The smallest absolute Gasteiger partial charge is 0.254 e. The Bertz CT molecular complexity index is 1090. The topological polar surface area (TPSA) is 79.0 Å². The van der Waals surface area contributed by atoms with E-state index in [0.29, 0.717) is 25.5 Å². The minimum absolute atomic E-state index is 0.0749. The summed E-state index contributed by atoms with van der Waals surface area (Å²) in [6.45, 7) is 6.46. The molecule has 2 aliphatic rings. The summed E-state index contributed by atoms with van der Waals surface area (Å²) in [5.74, 6) is -0.626. The number of hydrogen-bond donors (Lipinski definition) is 1. The van der Waals surface area contributed by atoms with Gasteiger partial charge in [-0.15, -0.1) is 0 Å². The van der Waals surface area contributed by atoms with Crippen molar-refractivity contribution in [1.82, 2.24) is 15.1 Å². The van der Waals surface area contributed by atoms with E-state index in [2.05, 4.69) is 31.3 Å². The highest BCUT2D eigenvalue weighted by atomic mass is 19.1. The number of nitrogens with one attached hydrogen (secondary N) is 1. The molecule has 2 fully saturated rings. The number of rotatable bonds is 6. The molecule has 0 spiro atoms. The lowest BCUT2D eigenvalue weighted by atomic mass is 9.95. The van der Waals surface area contributed by atoms with Crippen molar-refractivity contribution in [1.29, 1.82) is 0 Å². The van der Waals surface area contributed by atoms with Gasteiger partial charge in [0.1, 0.15) is 12.2 Å².